The summed E-state index contributed by atoms with van der Waals surface area (Å²) in [4.78, 5) is 29.0. The van der Waals surface area contributed by atoms with Crippen molar-refractivity contribution in [3.05, 3.63) is 59.7 Å². The van der Waals surface area contributed by atoms with Crippen molar-refractivity contribution in [3.63, 3.8) is 0 Å². The van der Waals surface area contributed by atoms with Gasteiger partial charge in [-0.05, 0) is 55.7 Å². The number of nitrogens with one attached hydrogen (secondary N) is 1. The number of likely N-dealkylation sites (tertiary alicyclic amines) is 1. The van der Waals surface area contributed by atoms with Gasteiger partial charge in [0.2, 0.25) is 11.8 Å². The molecule has 1 aliphatic heterocycles. The molecule has 2 amide bonds. The summed E-state index contributed by atoms with van der Waals surface area (Å²) < 4.78 is 5.17. The van der Waals surface area contributed by atoms with E-state index in [0.29, 0.717) is 19.6 Å². The predicted molar refractivity (Wildman–Crippen MR) is 123 cm³/mol. The molecule has 0 saturated carbocycles. The van der Waals surface area contributed by atoms with E-state index in [1.807, 2.05) is 24.3 Å². The van der Waals surface area contributed by atoms with E-state index in [1.165, 1.54) is 11.3 Å². The van der Waals surface area contributed by atoms with Crippen LogP contribution >= 0.6 is 0 Å². The Labute approximate surface area is 185 Å². The molecule has 1 heterocycles. The molecule has 2 aromatic carbocycles. The summed E-state index contributed by atoms with van der Waals surface area (Å²) in [6.07, 6.45) is 1.15. The maximum Gasteiger partial charge on any atom is 0.225 e. The highest BCUT2D eigenvalue weighted by Crippen LogP contribution is 2.21. The van der Waals surface area contributed by atoms with Crippen molar-refractivity contribution in [2.24, 2.45) is 5.92 Å². The Kier molecular flexibility index (Phi) is 7.93. The molecule has 1 aliphatic rings. The average Bonchev–Trinajstić information content (AvgIpc) is 3.14. The quantitative estimate of drug-likeness (QED) is 0.595. The second-order valence-corrected chi connectivity index (χ2v) is 8.09. The maximum absolute atomic E-state index is 12.6. The van der Waals surface area contributed by atoms with Gasteiger partial charge in [0.05, 0.1) is 13.0 Å². The topological polar surface area (TPSA) is 61.9 Å². The van der Waals surface area contributed by atoms with Crippen molar-refractivity contribution in [3.8, 4) is 5.75 Å². The van der Waals surface area contributed by atoms with Gasteiger partial charge in [-0.1, -0.05) is 24.3 Å². The Hall–Kier alpha value is -3.02. The largest absolute Gasteiger partial charge is 0.497 e. The van der Waals surface area contributed by atoms with Gasteiger partial charge in [-0.2, -0.15) is 0 Å². The fourth-order valence-corrected chi connectivity index (χ4v) is 3.97. The van der Waals surface area contributed by atoms with E-state index in [9.17, 15) is 9.59 Å². The Balaban J connectivity index is 1.42. The van der Waals surface area contributed by atoms with Gasteiger partial charge < -0.3 is 19.9 Å². The Morgan fingerprint density at radius 1 is 1.23 bits per heavy atom. The van der Waals surface area contributed by atoms with Gasteiger partial charge in [-0.3, -0.25) is 9.59 Å². The van der Waals surface area contributed by atoms with Crippen LogP contribution in [0.3, 0.4) is 0 Å². The molecule has 1 saturated heterocycles. The van der Waals surface area contributed by atoms with Gasteiger partial charge in [0.25, 0.3) is 0 Å². The number of anilines is 1. The fraction of sp³-hybridized carbons (Fsp3) is 0.440. The van der Waals surface area contributed by atoms with E-state index in [1.54, 1.807) is 12.0 Å². The lowest BCUT2D eigenvalue weighted by Crippen LogP contribution is -2.35. The minimum absolute atomic E-state index is 0.0239. The number of hydrogen-bond donors (Lipinski definition) is 1. The van der Waals surface area contributed by atoms with E-state index in [4.69, 9.17) is 4.74 Å². The monoisotopic (exact) mass is 423 g/mol. The number of rotatable bonds is 10. The molecule has 0 radical (unpaired) electrons. The number of amides is 2. The highest BCUT2D eigenvalue weighted by Gasteiger charge is 2.34. The van der Waals surface area contributed by atoms with Crippen molar-refractivity contribution >= 4 is 17.5 Å². The van der Waals surface area contributed by atoms with E-state index in [-0.39, 0.29) is 24.2 Å². The molecule has 0 aromatic heterocycles. The lowest BCUT2D eigenvalue weighted by atomic mass is 10.1. The first kappa shape index (κ1) is 22.7. The van der Waals surface area contributed by atoms with Crippen LogP contribution in [0.25, 0.3) is 0 Å². The number of hydrogen-bond acceptors (Lipinski definition) is 4. The number of methoxy groups -OCH3 is 1. The fourth-order valence-electron chi connectivity index (χ4n) is 3.97. The van der Waals surface area contributed by atoms with Crippen LogP contribution in [0.15, 0.2) is 48.5 Å². The molecule has 0 bridgehead atoms. The summed E-state index contributed by atoms with van der Waals surface area (Å²) in [5.74, 6) is 0.527. The number of ether oxygens (including phenoxy) is 1. The summed E-state index contributed by atoms with van der Waals surface area (Å²) in [6.45, 7) is 7.66. The summed E-state index contributed by atoms with van der Waals surface area (Å²) >= 11 is 0. The van der Waals surface area contributed by atoms with E-state index < -0.39 is 0 Å². The number of carbonyl (C=O) groups is 2. The zero-order chi connectivity index (χ0) is 22.2. The SMILES string of the molecule is CCN(CCCNC(=O)[C@@H]1CC(=O)N(Cc2ccc(OC)cc2)C1)c1cccc(C)c1. The van der Waals surface area contributed by atoms with Crippen LogP contribution in [-0.4, -0.2) is 50.0 Å². The molecule has 6 nitrogen and oxygen atoms in total. The molecule has 2 aromatic rings. The predicted octanol–water partition coefficient (Wildman–Crippen LogP) is 3.38. The van der Waals surface area contributed by atoms with E-state index >= 15 is 0 Å². The van der Waals surface area contributed by atoms with Gasteiger partial charge in [0.15, 0.2) is 0 Å². The Morgan fingerprint density at radius 3 is 2.68 bits per heavy atom. The molecule has 31 heavy (non-hydrogen) atoms. The molecular weight excluding hydrogens is 390 g/mol. The van der Waals surface area contributed by atoms with Crippen LogP contribution in [0.2, 0.25) is 0 Å². The van der Waals surface area contributed by atoms with Crippen molar-refractivity contribution in [2.75, 3.05) is 38.2 Å². The smallest absolute Gasteiger partial charge is 0.225 e. The third kappa shape index (κ3) is 6.23. The summed E-state index contributed by atoms with van der Waals surface area (Å²) in [7, 11) is 1.63. The number of benzene rings is 2. The average molecular weight is 424 g/mol. The van der Waals surface area contributed by atoms with Gasteiger partial charge in [0, 0.05) is 44.8 Å². The molecule has 0 unspecified atom stereocenters. The molecular formula is C25H33N3O3. The van der Waals surface area contributed by atoms with Crippen LogP contribution in [0.1, 0.15) is 30.9 Å². The first-order valence-electron chi connectivity index (χ1n) is 11.0. The zero-order valence-electron chi connectivity index (χ0n) is 18.8. The molecule has 6 heteroatoms. The number of nitrogens with zero attached hydrogens (tertiary/aromatic N) is 2. The molecule has 0 aliphatic carbocycles. The van der Waals surface area contributed by atoms with E-state index in [2.05, 4.69) is 48.3 Å². The standard InChI is InChI=1S/C25H33N3O3/c1-4-27(22-8-5-7-19(2)15-22)14-6-13-26-25(30)21-16-24(29)28(18-21)17-20-9-11-23(31-3)12-10-20/h5,7-12,15,21H,4,6,13-14,16-18H2,1-3H3,(H,26,30)/t21-/m1/s1. The van der Waals surface area contributed by atoms with Gasteiger partial charge >= 0.3 is 0 Å². The van der Waals surface area contributed by atoms with Crippen LogP contribution in [0.5, 0.6) is 5.75 Å². The van der Waals surface area contributed by atoms with Crippen LogP contribution in [0.4, 0.5) is 5.69 Å². The van der Waals surface area contributed by atoms with Crippen LogP contribution in [-0.2, 0) is 16.1 Å². The molecule has 1 atom stereocenters. The lowest BCUT2D eigenvalue weighted by Gasteiger charge is -2.23. The molecule has 1 fully saturated rings. The van der Waals surface area contributed by atoms with Gasteiger partial charge in [-0.15, -0.1) is 0 Å². The zero-order valence-corrected chi connectivity index (χ0v) is 18.8. The second-order valence-electron chi connectivity index (χ2n) is 8.09. The normalized spacial score (nSPS) is 15.8. The molecule has 166 valence electrons. The highest BCUT2D eigenvalue weighted by molar-refractivity contribution is 5.89. The molecule has 3 rings (SSSR count). The maximum atomic E-state index is 12.6. The number of aryl methyl sites for hydroxylation is 1. The highest BCUT2D eigenvalue weighted by atomic mass is 16.5. The van der Waals surface area contributed by atoms with Crippen molar-refractivity contribution in [1.29, 1.82) is 0 Å². The lowest BCUT2D eigenvalue weighted by molar-refractivity contribution is -0.129. The minimum atomic E-state index is -0.273. The summed E-state index contributed by atoms with van der Waals surface area (Å²) in [6, 6.07) is 16.1. The first-order chi connectivity index (χ1) is 15.0. The minimum Gasteiger partial charge on any atom is -0.497 e. The van der Waals surface area contributed by atoms with E-state index in [0.717, 1.165) is 30.8 Å². The number of carbonyl (C=O) groups excluding carboxylic acids is 2. The van der Waals surface area contributed by atoms with Crippen molar-refractivity contribution in [1.82, 2.24) is 10.2 Å². The van der Waals surface area contributed by atoms with Crippen molar-refractivity contribution in [2.45, 2.75) is 33.2 Å². The van der Waals surface area contributed by atoms with Crippen LogP contribution in [0, 0.1) is 12.8 Å². The second kappa shape index (κ2) is 10.8. The van der Waals surface area contributed by atoms with Gasteiger partial charge in [0.1, 0.15) is 5.75 Å². The van der Waals surface area contributed by atoms with Crippen LogP contribution < -0.4 is 15.0 Å². The molecule has 0 spiro atoms. The Morgan fingerprint density at radius 2 is 2.00 bits per heavy atom. The summed E-state index contributed by atoms with van der Waals surface area (Å²) in [5.41, 5.74) is 3.49. The first-order valence-corrected chi connectivity index (χ1v) is 11.0. The van der Waals surface area contributed by atoms with Gasteiger partial charge in [-0.25, -0.2) is 0 Å². The Bertz CT molecular complexity index is 882. The third-order valence-electron chi connectivity index (χ3n) is 5.77. The molecule has 1 N–H and O–H groups in total. The summed E-state index contributed by atoms with van der Waals surface area (Å²) in [5, 5.41) is 3.03. The van der Waals surface area contributed by atoms with Crippen molar-refractivity contribution < 1.29 is 14.3 Å². The third-order valence-corrected chi connectivity index (χ3v) is 5.77.